The van der Waals surface area contributed by atoms with Gasteiger partial charge in [0.05, 0.1) is 5.56 Å². The highest BCUT2D eigenvalue weighted by molar-refractivity contribution is 6.46. The summed E-state index contributed by atoms with van der Waals surface area (Å²) in [6, 6.07) is 13.4. The number of hydrogen-bond acceptors (Lipinski definition) is 2. The number of aryl methyl sites for hydroxylation is 2. The molecule has 1 aliphatic heterocycles. The second-order valence-corrected chi connectivity index (χ2v) is 7.15. The molecular weight excluding hydrogens is 331 g/mol. The summed E-state index contributed by atoms with van der Waals surface area (Å²) in [6.07, 6.45) is 0. The Balaban J connectivity index is 2.21. The maximum Gasteiger partial charge on any atom is 0.262 e. The molecule has 0 aromatic heterocycles. The van der Waals surface area contributed by atoms with Crippen molar-refractivity contribution in [2.45, 2.75) is 31.3 Å². The monoisotopic (exact) mass is 348 g/mol. The Morgan fingerprint density at radius 1 is 1.13 bits per heavy atom. The molecule has 1 heterocycles. The molecule has 1 N–H and O–H groups in total. The molecule has 0 fully saturated rings. The van der Waals surface area contributed by atoms with Crippen LogP contribution in [0, 0.1) is 13.8 Å². The predicted molar refractivity (Wildman–Crippen MR) is 96.7 cm³/mol. The normalized spacial score (nSPS) is 20.4. The van der Waals surface area contributed by atoms with Crippen LogP contribution in [0.5, 0.6) is 0 Å². The summed E-state index contributed by atoms with van der Waals surface area (Å²) in [5, 5.41) is 3.33. The summed E-state index contributed by atoms with van der Waals surface area (Å²) >= 11 is 12.5. The minimum atomic E-state index is -0.936. The fourth-order valence-corrected chi connectivity index (χ4v) is 3.31. The van der Waals surface area contributed by atoms with Gasteiger partial charge in [0.25, 0.3) is 5.91 Å². The highest BCUT2D eigenvalue weighted by Gasteiger charge is 2.46. The Morgan fingerprint density at radius 2 is 1.83 bits per heavy atom. The van der Waals surface area contributed by atoms with Crippen molar-refractivity contribution in [3.63, 3.8) is 0 Å². The van der Waals surface area contributed by atoms with E-state index >= 15 is 0 Å². The number of fused-ring (bicyclic) bond motifs is 1. The van der Waals surface area contributed by atoms with Gasteiger partial charge in [-0.3, -0.25) is 9.69 Å². The van der Waals surface area contributed by atoms with Gasteiger partial charge in [-0.05, 0) is 44.5 Å². The summed E-state index contributed by atoms with van der Waals surface area (Å²) < 4.78 is 0. The smallest absolute Gasteiger partial charge is 0.262 e. The molecule has 120 valence electrons. The fraction of sp³-hybridized carbons (Fsp3) is 0.278. The number of amides is 1. The van der Waals surface area contributed by atoms with Crippen LogP contribution in [-0.4, -0.2) is 16.4 Å². The van der Waals surface area contributed by atoms with E-state index in [1.54, 1.807) is 11.0 Å². The minimum Gasteiger partial charge on any atom is -0.360 e. The first-order valence-electron chi connectivity index (χ1n) is 7.42. The topological polar surface area (TPSA) is 32.3 Å². The van der Waals surface area contributed by atoms with E-state index in [9.17, 15) is 4.79 Å². The van der Waals surface area contributed by atoms with Gasteiger partial charge in [-0.1, -0.05) is 29.8 Å². The Hall–Kier alpha value is -1.71. The van der Waals surface area contributed by atoms with E-state index in [4.69, 9.17) is 23.2 Å². The van der Waals surface area contributed by atoms with Crippen molar-refractivity contribution in [2.24, 2.45) is 0 Å². The van der Waals surface area contributed by atoms with E-state index in [1.165, 1.54) is 0 Å². The molecule has 2 aromatic carbocycles. The molecule has 0 aliphatic carbocycles. The van der Waals surface area contributed by atoms with Gasteiger partial charge in [0.2, 0.25) is 0 Å². The molecule has 0 bridgehead atoms. The average molecular weight is 349 g/mol. The summed E-state index contributed by atoms with van der Waals surface area (Å²) in [7, 11) is 0. The quantitative estimate of drug-likeness (QED) is 0.783. The molecule has 1 atom stereocenters. The lowest BCUT2D eigenvalue weighted by atomic mass is 9.99. The van der Waals surface area contributed by atoms with Crippen LogP contribution in [0.2, 0.25) is 0 Å². The van der Waals surface area contributed by atoms with Gasteiger partial charge in [0, 0.05) is 11.4 Å². The molecule has 0 saturated heterocycles. The van der Waals surface area contributed by atoms with Crippen LogP contribution in [0.15, 0.2) is 42.5 Å². The Morgan fingerprint density at radius 3 is 2.48 bits per heavy atom. The third-order valence-corrected chi connectivity index (χ3v) is 5.08. The second-order valence-electron chi connectivity index (χ2n) is 6.05. The number of hydrogen-bond donors (Lipinski definition) is 1. The van der Waals surface area contributed by atoms with Crippen molar-refractivity contribution in [1.82, 2.24) is 0 Å². The molecule has 3 nitrogen and oxygen atoms in total. The molecule has 2 aromatic rings. The number of nitrogens with zero attached hydrogens (tertiary/aromatic N) is 1. The molecule has 1 unspecified atom stereocenters. The number of nitrogens with one attached hydrogen (secondary N) is 1. The summed E-state index contributed by atoms with van der Waals surface area (Å²) in [4.78, 5) is 14.0. The van der Waals surface area contributed by atoms with E-state index in [1.807, 2.05) is 57.2 Å². The fourth-order valence-electron chi connectivity index (χ4n) is 3.01. The van der Waals surface area contributed by atoms with Gasteiger partial charge in [-0.25, -0.2) is 0 Å². The van der Waals surface area contributed by atoms with Crippen LogP contribution in [0.3, 0.4) is 0 Å². The van der Waals surface area contributed by atoms with Crippen LogP contribution in [0.25, 0.3) is 0 Å². The number of rotatable bonds is 2. The minimum absolute atomic E-state index is 0.111. The highest BCUT2D eigenvalue weighted by Crippen LogP contribution is 2.40. The van der Waals surface area contributed by atoms with Crippen molar-refractivity contribution in [2.75, 3.05) is 10.2 Å². The average Bonchev–Trinajstić information content (AvgIpc) is 2.49. The standard InChI is InChI=1S/C18H18Cl2N2O/c1-11-8-9-15(12(2)10-11)22-16(23)13-6-4-5-7-14(13)21-18(22,3)17(19)20/h4-10,17,21H,1-3H3. The lowest BCUT2D eigenvalue weighted by Gasteiger charge is -2.47. The van der Waals surface area contributed by atoms with Crippen molar-refractivity contribution < 1.29 is 4.79 Å². The van der Waals surface area contributed by atoms with Gasteiger partial charge in [-0.2, -0.15) is 0 Å². The van der Waals surface area contributed by atoms with Gasteiger partial charge < -0.3 is 5.32 Å². The molecule has 1 aliphatic rings. The van der Waals surface area contributed by atoms with E-state index in [-0.39, 0.29) is 5.91 Å². The van der Waals surface area contributed by atoms with Crippen LogP contribution in [-0.2, 0) is 0 Å². The number of alkyl halides is 2. The summed E-state index contributed by atoms with van der Waals surface area (Å²) in [6.45, 7) is 5.84. The molecule has 0 radical (unpaired) electrons. The first-order chi connectivity index (χ1) is 10.8. The van der Waals surface area contributed by atoms with Crippen LogP contribution >= 0.6 is 23.2 Å². The van der Waals surface area contributed by atoms with Gasteiger partial charge in [0.15, 0.2) is 0 Å². The SMILES string of the molecule is Cc1ccc(N2C(=O)c3ccccc3NC2(C)C(Cl)Cl)c(C)c1. The Kier molecular flexibility index (Phi) is 4.03. The number of carbonyl (C=O) groups excluding carboxylic acids is 1. The zero-order valence-corrected chi connectivity index (χ0v) is 14.7. The van der Waals surface area contributed by atoms with Crippen LogP contribution in [0.4, 0.5) is 11.4 Å². The van der Waals surface area contributed by atoms with Gasteiger partial charge in [0.1, 0.15) is 10.5 Å². The molecule has 23 heavy (non-hydrogen) atoms. The predicted octanol–water partition coefficient (Wildman–Crippen LogP) is 4.90. The first kappa shape index (κ1) is 16.2. The lowest BCUT2D eigenvalue weighted by molar-refractivity contribution is 0.0960. The maximum atomic E-state index is 13.1. The zero-order valence-electron chi connectivity index (χ0n) is 13.2. The molecule has 5 heteroatoms. The highest BCUT2D eigenvalue weighted by atomic mass is 35.5. The van der Waals surface area contributed by atoms with Gasteiger partial charge >= 0.3 is 0 Å². The zero-order chi connectivity index (χ0) is 16.8. The third-order valence-electron chi connectivity index (χ3n) is 4.23. The van der Waals surface area contributed by atoms with Crippen LogP contribution in [0.1, 0.15) is 28.4 Å². The Labute approximate surface area is 146 Å². The van der Waals surface area contributed by atoms with Crippen molar-refractivity contribution in [3.05, 3.63) is 59.2 Å². The number of para-hydroxylation sites is 1. The number of halogens is 2. The number of carbonyl (C=O) groups is 1. The van der Waals surface area contributed by atoms with Gasteiger partial charge in [-0.15, -0.1) is 23.2 Å². The van der Waals surface area contributed by atoms with Crippen molar-refractivity contribution in [1.29, 1.82) is 0 Å². The molecular formula is C18H18Cl2N2O. The van der Waals surface area contributed by atoms with E-state index in [2.05, 4.69) is 5.32 Å². The van der Waals surface area contributed by atoms with Crippen molar-refractivity contribution in [3.8, 4) is 0 Å². The van der Waals surface area contributed by atoms with E-state index < -0.39 is 10.5 Å². The molecule has 0 spiro atoms. The van der Waals surface area contributed by atoms with Crippen molar-refractivity contribution >= 4 is 40.5 Å². The lowest BCUT2D eigenvalue weighted by Crippen LogP contribution is -2.62. The largest absolute Gasteiger partial charge is 0.360 e. The van der Waals surface area contributed by atoms with E-state index in [0.717, 1.165) is 22.5 Å². The van der Waals surface area contributed by atoms with Crippen LogP contribution < -0.4 is 10.2 Å². The molecule has 0 saturated carbocycles. The maximum absolute atomic E-state index is 13.1. The summed E-state index contributed by atoms with van der Waals surface area (Å²) in [5.41, 5.74) is 3.36. The molecule has 3 rings (SSSR count). The first-order valence-corrected chi connectivity index (χ1v) is 8.29. The molecule has 1 amide bonds. The number of benzene rings is 2. The third kappa shape index (κ3) is 2.58. The summed E-state index contributed by atoms with van der Waals surface area (Å²) in [5.74, 6) is -0.111. The number of anilines is 2. The second kappa shape index (κ2) is 5.73. The van der Waals surface area contributed by atoms with E-state index in [0.29, 0.717) is 5.56 Å². The Bertz CT molecular complexity index is 775.